The minimum absolute atomic E-state index is 0.235. The first kappa shape index (κ1) is 19.3. The summed E-state index contributed by atoms with van der Waals surface area (Å²) in [5.74, 6) is 1.17. The zero-order valence-corrected chi connectivity index (χ0v) is 16.5. The zero-order chi connectivity index (χ0) is 18.2. The highest BCUT2D eigenvalue weighted by atomic mass is 79.9. The fourth-order valence-corrected chi connectivity index (χ4v) is 3.02. The molecule has 134 valence electrons. The van der Waals surface area contributed by atoms with Crippen molar-refractivity contribution in [2.24, 2.45) is 0 Å². The van der Waals surface area contributed by atoms with E-state index in [1.54, 1.807) is 0 Å². The van der Waals surface area contributed by atoms with Crippen LogP contribution >= 0.6 is 15.9 Å². The quantitative estimate of drug-likeness (QED) is 0.648. The number of ether oxygens (including phenoxy) is 1. The average molecular weight is 405 g/mol. The van der Waals surface area contributed by atoms with Crippen LogP contribution in [-0.4, -0.2) is 18.8 Å². The highest BCUT2D eigenvalue weighted by Gasteiger charge is 2.12. The number of nitrogens with one attached hydrogen (secondary N) is 2. The van der Waals surface area contributed by atoms with Crippen molar-refractivity contribution in [3.8, 4) is 5.75 Å². The number of hydrogen-bond acceptors (Lipinski definition) is 2. The van der Waals surface area contributed by atoms with E-state index >= 15 is 0 Å². The van der Waals surface area contributed by atoms with Crippen LogP contribution in [-0.2, 0) is 6.42 Å². The van der Waals surface area contributed by atoms with Crippen LogP contribution < -0.4 is 15.4 Å². The smallest absolute Gasteiger partial charge is 0.317 e. The van der Waals surface area contributed by atoms with Gasteiger partial charge >= 0.3 is 6.03 Å². The number of hydrogen-bond donors (Lipinski definition) is 2. The molecule has 4 nitrogen and oxygen atoms in total. The van der Waals surface area contributed by atoms with E-state index in [1.165, 1.54) is 0 Å². The van der Waals surface area contributed by atoms with Gasteiger partial charge in [0.2, 0.25) is 0 Å². The van der Waals surface area contributed by atoms with Crippen molar-refractivity contribution >= 4 is 22.0 Å². The summed E-state index contributed by atoms with van der Waals surface area (Å²) in [5.41, 5.74) is 2.29. The Morgan fingerprint density at radius 2 is 1.76 bits per heavy atom. The highest BCUT2D eigenvalue weighted by Crippen LogP contribution is 2.26. The number of carbonyl (C=O) groups excluding carboxylic acids is 1. The summed E-state index contributed by atoms with van der Waals surface area (Å²) in [6, 6.07) is 15.7. The van der Waals surface area contributed by atoms with Crippen LogP contribution in [0.25, 0.3) is 0 Å². The Hall–Kier alpha value is -2.01. The molecule has 0 aliphatic rings. The first-order chi connectivity index (χ1) is 12.0. The van der Waals surface area contributed by atoms with Gasteiger partial charge in [-0.05, 0) is 42.5 Å². The summed E-state index contributed by atoms with van der Waals surface area (Å²) < 4.78 is 6.94. The minimum Gasteiger partial charge on any atom is -0.471 e. The monoisotopic (exact) mass is 404 g/mol. The number of benzene rings is 2. The maximum Gasteiger partial charge on any atom is 0.317 e. The standard InChI is InChI=1S/C20H25BrN2O2/c1-14(2)17-9-5-7-11-19(17)25-15(3)23-20(24)22-13-12-16-8-4-6-10-18(16)21/h4-11,14-15H,12-13H2,1-3H3,(H2,22,23,24). The van der Waals surface area contributed by atoms with E-state index in [4.69, 9.17) is 4.74 Å². The van der Waals surface area contributed by atoms with Crippen LogP contribution in [0.15, 0.2) is 53.0 Å². The van der Waals surface area contributed by atoms with Crippen molar-refractivity contribution in [1.29, 1.82) is 0 Å². The summed E-state index contributed by atoms with van der Waals surface area (Å²) in [7, 11) is 0. The summed E-state index contributed by atoms with van der Waals surface area (Å²) in [6.07, 6.45) is 0.351. The second-order valence-electron chi connectivity index (χ2n) is 6.19. The molecule has 0 aliphatic carbocycles. The average Bonchev–Trinajstić information content (AvgIpc) is 2.56. The number of urea groups is 1. The molecule has 1 atom stereocenters. The van der Waals surface area contributed by atoms with E-state index in [-0.39, 0.29) is 6.03 Å². The molecule has 2 aromatic carbocycles. The Balaban J connectivity index is 1.80. The largest absolute Gasteiger partial charge is 0.471 e. The zero-order valence-electron chi connectivity index (χ0n) is 14.9. The first-order valence-corrected chi connectivity index (χ1v) is 9.30. The topological polar surface area (TPSA) is 50.4 Å². The van der Waals surface area contributed by atoms with Crippen molar-refractivity contribution in [3.05, 3.63) is 64.1 Å². The lowest BCUT2D eigenvalue weighted by molar-refractivity contribution is 0.175. The minimum atomic E-state index is -0.414. The molecule has 5 heteroatoms. The van der Waals surface area contributed by atoms with Gasteiger partial charge in [0, 0.05) is 11.0 Å². The van der Waals surface area contributed by atoms with E-state index in [1.807, 2.05) is 55.5 Å². The fraction of sp³-hybridized carbons (Fsp3) is 0.350. The Morgan fingerprint density at radius 3 is 2.48 bits per heavy atom. The van der Waals surface area contributed by atoms with Crippen molar-refractivity contribution in [2.45, 2.75) is 39.3 Å². The number of amides is 2. The van der Waals surface area contributed by atoms with Crippen LogP contribution in [0, 0.1) is 0 Å². The third-order valence-corrected chi connectivity index (χ3v) is 4.59. The van der Waals surface area contributed by atoms with Gasteiger partial charge in [-0.2, -0.15) is 0 Å². The number of para-hydroxylation sites is 1. The second kappa shape index (κ2) is 9.47. The molecule has 2 N–H and O–H groups in total. The van der Waals surface area contributed by atoms with Gasteiger partial charge < -0.3 is 15.4 Å². The predicted octanol–water partition coefficient (Wildman–Crippen LogP) is 4.84. The predicted molar refractivity (Wildman–Crippen MR) is 105 cm³/mol. The van der Waals surface area contributed by atoms with Crippen molar-refractivity contribution in [3.63, 3.8) is 0 Å². The Morgan fingerprint density at radius 1 is 1.08 bits per heavy atom. The van der Waals surface area contributed by atoms with Crippen LogP contribution in [0.5, 0.6) is 5.75 Å². The molecule has 0 aromatic heterocycles. The lowest BCUT2D eigenvalue weighted by Gasteiger charge is -2.20. The molecule has 2 rings (SSSR count). The molecule has 0 radical (unpaired) electrons. The first-order valence-electron chi connectivity index (χ1n) is 8.50. The molecule has 0 spiro atoms. The van der Waals surface area contributed by atoms with Gasteiger partial charge in [-0.1, -0.05) is 66.2 Å². The molecule has 0 bridgehead atoms. The summed E-state index contributed by atoms with van der Waals surface area (Å²) in [4.78, 5) is 12.0. The molecule has 0 saturated carbocycles. The van der Waals surface area contributed by atoms with Crippen molar-refractivity contribution in [1.82, 2.24) is 10.6 Å². The molecule has 1 unspecified atom stereocenters. The number of halogens is 1. The summed E-state index contributed by atoms with van der Waals surface area (Å²) in [6.45, 7) is 6.62. The maximum atomic E-state index is 12.0. The molecule has 2 aromatic rings. The van der Waals surface area contributed by atoms with Gasteiger partial charge in [0.15, 0.2) is 6.23 Å². The second-order valence-corrected chi connectivity index (χ2v) is 7.05. The third-order valence-electron chi connectivity index (χ3n) is 3.82. The van der Waals surface area contributed by atoms with Crippen LogP contribution in [0.3, 0.4) is 0 Å². The lowest BCUT2D eigenvalue weighted by Crippen LogP contribution is -2.44. The van der Waals surface area contributed by atoms with E-state index in [0.717, 1.165) is 27.8 Å². The molecular formula is C20H25BrN2O2. The third kappa shape index (κ3) is 6.09. The molecular weight excluding hydrogens is 380 g/mol. The van der Waals surface area contributed by atoms with Gasteiger partial charge in [0.25, 0.3) is 0 Å². The van der Waals surface area contributed by atoms with Crippen LogP contribution in [0.4, 0.5) is 4.79 Å². The Bertz CT molecular complexity index is 704. The highest BCUT2D eigenvalue weighted by molar-refractivity contribution is 9.10. The van der Waals surface area contributed by atoms with Crippen molar-refractivity contribution in [2.75, 3.05) is 6.54 Å². The van der Waals surface area contributed by atoms with Gasteiger partial charge in [-0.15, -0.1) is 0 Å². The van der Waals surface area contributed by atoms with E-state index in [2.05, 4.69) is 40.4 Å². The normalized spacial score (nSPS) is 11.9. The molecule has 0 saturated heterocycles. The molecule has 0 aliphatic heterocycles. The van der Waals surface area contributed by atoms with E-state index in [0.29, 0.717) is 12.5 Å². The van der Waals surface area contributed by atoms with Crippen molar-refractivity contribution < 1.29 is 9.53 Å². The van der Waals surface area contributed by atoms with Gasteiger partial charge in [-0.3, -0.25) is 0 Å². The van der Waals surface area contributed by atoms with E-state index < -0.39 is 6.23 Å². The summed E-state index contributed by atoms with van der Waals surface area (Å²) >= 11 is 3.51. The maximum absolute atomic E-state index is 12.0. The SMILES string of the molecule is CC(NC(=O)NCCc1ccccc1Br)Oc1ccccc1C(C)C. The Kier molecular flexibility index (Phi) is 7.31. The molecule has 25 heavy (non-hydrogen) atoms. The molecule has 0 fully saturated rings. The lowest BCUT2D eigenvalue weighted by atomic mass is 10.0. The Labute approximate surface area is 158 Å². The molecule has 2 amide bonds. The van der Waals surface area contributed by atoms with Gasteiger partial charge in [0.1, 0.15) is 5.75 Å². The fourth-order valence-electron chi connectivity index (χ4n) is 2.53. The summed E-state index contributed by atoms with van der Waals surface area (Å²) in [5, 5.41) is 5.67. The van der Waals surface area contributed by atoms with Gasteiger partial charge in [-0.25, -0.2) is 4.79 Å². The number of rotatable bonds is 7. The van der Waals surface area contributed by atoms with Gasteiger partial charge in [0.05, 0.1) is 0 Å². The van der Waals surface area contributed by atoms with E-state index in [9.17, 15) is 4.79 Å². The molecule has 0 heterocycles. The van der Waals surface area contributed by atoms with Crippen LogP contribution in [0.1, 0.15) is 37.8 Å². The van der Waals surface area contributed by atoms with Crippen LogP contribution in [0.2, 0.25) is 0 Å². The number of carbonyl (C=O) groups is 1.